The van der Waals surface area contributed by atoms with E-state index in [1.807, 2.05) is 30.3 Å². The van der Waals surface area contributed by atoms with Crippen LogP contribution < -0.4 is 10.2 Å². The summed E-state index contributed by atoms with van der Waals surface area (Å²) in [5.41, 5.74) is 4.13. The van der Waals surface area contributed by atoms with Gasteiger partial charge >= 0.3 is 0 Å². The number of amides is 1. The zero-order valence-corrected chi connectivity index (χ0v) is 11.1. The molecule has 0 spiro atoms. The van der Waals surface area contributed by atoms with Gasteiger partial charge in [-0.25, -0.2) is 5.43 Å². The molecule has 0 aliphatic carbocycles. The van der Waals surface area contributed by atoms with Gasteiger partial charge in [0, 0.05) is 23.5 Å². The van der Waals surface area contributed by atoms with E-state index in [2.05, 4.69) is 15.5 Å². The molecule has 20 heavy (non-hydrogen) atoms. The van der Waals surface area contributed by atoms with Crippen LogP contribution >= 0.6 is 0 Å². The number of pyridine rings is 1. The summed E-state index contributed by atoms with van der Waals surface area (Å²) in [6.45, 7) is 0. The zero-order chi connectivity index (χ0) is 14.2. The molecule has 0 saturated carbocycles. The minimum Gasteiger partial charge on any atom is -0.496 e. The third-order valence-corrected chi connectivity index (χ3v) is 2.63. The number of hydrazone groups is 1. The van der Waals surface area contributed by atoms with Crippen LogP contribution in [0.25, 0.3) is 0 Å². The topological polar surface area (TPSA) is 63.6 Å². The van der Waals surface area contributed by atoms with Crippen LogP contribution in [0, 0.1) is 0 Å². The Balaban J connectivity index is 1.91. The highest BCUT2D eigenvalue weighted by atomic mass is 16.5. The molecule has 1 aromatic heterocycles. The number of para-hydroxylation sites is 1. The lowest BCUT2D eigenvalue weighted by atomic mass is 10.1. The second-order valence-corrected chi connectivity index (χ2v) is 4.07. The molecular formula is C15H15N3O2. The van der Waals surface area contributed by atoms with E-state index in [0.717, 1.165) is 11.1 Å². The molecular weight excluding hydrogens is 254 g/mol. The Kier molecular flexibility index (Phi) is 4.83. The van der Waals surface area contributed by atoms with Crippen molar-refractivity contribution in [3.63, 3.8) is 0 Å². The molecule has 1 amide bonds. The second-order valence-electron chi connectivity index (χ2n) is 4.07. The molecule has 0 aliphatic rings. The molecule has 0 fully saturated rings. The van der Waals surface area contributed by atoms with Crippen molar-refractivity contribution in [1.82, 2.24) is 10.4 Å². The fourth-order valence-electron chi connectivity index (χ4n) is 1.69. The largest absolute Gasteiger partial charge is 0.496 e. The predicted octanol–water partition coefficient (Wildman–Crippen LogP) is 1.78. The van der Waals surface area contributed by atoms with E-state index in [9.17, 15) is 4.79 Å². The van der Waals surface area contributed by atoms with Crippen molar-refractivity contribution < 1.29 is 9.53 Å². The highest BCUT2D eigenvalue weighted by Crippen LogP contribution is 2.17. The van der Waals surface area contributed by atoms with Crippen LogP contribution in [0.5, 0.6) is 5.75 Å². The van der Waals surface area contributed by atoms with Crippen molar-refractivity contribution in [2.75, 3.05) is 7.11 Å². The van der Waals surface area contributed by atoms with Crippen LogP contribution in [0.15, 0.2) is 53.9 Å². The van der Waals surface area contributed by atoms with Crippen molar-refractivity contribution in [3.8, 4) is 5.75 Å². The molecule has 0 unspecified atom stereocenters. The van der Waals surface area contributed by atoms with Crippen molar-refractivity contribution in [3.05, 3.63) is 59.9 Å². The lowest BCUT2D eigenvalue weighted by molar-refractivity contribution is -0.120. The summed E-state index contributed by atoms with van der Waals surface area (Å²) >= 11 is 0. The van der Waals surface area contributed by atoms with E-state index in [1.54, 1.807) is 31.8 Å². The first-order valence-electron chi connectivity index (χ1n) is 6.13. The Bertz CT molecular complexity index is 597. The van der Waals surface area contributed by atoms with Crippen molar-refractivity contribution in [2.45, 2.75) is 6.42 Å². The first-order valence-corrected chi connectivity index (χ1v) is 6.13. The van der Waals surface area contributed by atoms with Crippen molar-refractivity contribution in [2.24, 2.45) is 5.10 Å². The highest BCUT2D eigenvalue weighted by Gasteiger charge is 2.06. The van der Waals surface area contributed by atoms with Crippen LogP contribution in [-0.4, -0.2) is 24.2 Å². The predicted molar refractivity (Wildman–Crippen MR) is 76.7 cm³/mol. The molecule has 1 heterocycles. The van der Waals surface area contributed by atoms with Gasteiger partial charge in [0.15, 0.2) is 0 Å². The maximum atomic E-state index is 11.8. The third kappa shape index (κ3) is 3.91. The Hall–Kier alpha value is -2.69. The van der Waals surface area contributed by atoms with E-state index in [-0.39, 0.29) is 12.3 Å². The van der Waals surface area contributed by atoms with Crippen LogP contribution in [0.2, 0.25) is 0 Å². The summed E-state index contributed by atoms with van der Waals surface area (Å²) in [6, 6.07) is 11.1. The van der Waals surface area contributed by atoms with Crippen LogP contribution in [-0.2, 0) is 11.2 Å². The molecule has 0 aliphatic heterocycles. The lowest BCUT2D eigenvalue weighted by Crippen LogP contribution is -2.20. The number of hydrogen-bond acceptors (Lipinski definition) is 4. The van der Waals surface area contributed by atoms with Gasteiger partial charge in [-0.1, -0.05) is 24.3 Å². The number of aromatic nitrogens is 1. The smallest absolute Gasteiger partial charge is 0.244 e. The van der Waals surface area contributed by atoms with Crippen molar-refractivity contribution >= 4 is 12.1 Å². The summed E-state index contributed by atoms with van der Waals surface area (Å²) in [4.78, 5) is 15.7. The van der Waals surface area contributed by atoms with Gasteiger partial charge in [-0.2, -0.15) is 5.10 Å². The molecule has 1 N–H and O–H groups in total. The third-order valence-electron chi connectivity index (χ3n) is 2.63. The normalized spacial score (nSPS) is 10.4. The molecule has 5 nitrogen and oxygen atoms in total. The fourth-order valence-corrected chi connectivity index (χ4v) is 1.69. The number of ether oxygens (including phenoxy) is 1. The molecule has 0 saturated heterocycles. The Morgan fingerprint density at radius 3 is 2.95 bits per heavy atom. The van der Waals surface area contributed by atoms with Gasteiger partial charge in [0.25, 0.3) is 0 Å². The number of nitrogens with zero attached hydrogens (tertiary/aromatic N) is 2. The number of methoxy groups -OCH3 is 1. The molecule has 102 valence electrons. The van der Waals surface area contributed by atoms with E-state index in [1.165, 1.54) is 0 Å². The van der Waals surface area contributed by atoms with Gasteiger partial charge in [0.1, 0.15) is 5.75 Å². The minimum absolute atomic E-state index is 0.199. The van der Waals surface area contributed by atoms with Crippen LogP contribution in [0.1, 0.15) is 11.1 Å². The SMILES string of the molecule is COc1ccccc1CC(=O)N/N=C\c1cccnc1. The average molecular weight is 269 g/mol. The van der Waals surface area contributed by atoms with E-state index in [4.69, 9.17) is 4.74 Å². The van der Waals surface area contributed by atoms with Gasteiger partial charge in [-0.3, -0.25) is 9.78 Å². The maximum Gasteiger partial charge on any atom is 0.244 e. The lowest BCUT2D eigenvalue weighted by Gasteiger charge is -2.06. The maximum absolute atomic E-state index is 11.8. The summed E-state index contributed by atoms with van der Waals surface area (Å²) in [6.07, 6.45) is 5.11. The van der Waals surface area contributed by atoms with E-state index >= 15 is 0 Å². The standard InChI is InChI=1S/C15H15N3O2/c1-20-14-7-3-2-6-13(14)9-15(19)18-17-11-12-5-4-8-16-10-12/h2-8,10-11H,9H2,1H3,(H,18,19)/b17-11-. The molecule has 0 bridgehead atoms. The summed E-state index contributed by atoms with van der Waals surface area (Å²) in [7, 11) is 1.58. The molecule has 5 heteroatoms. The van der Waals surface area contributed by atoms with E-state index < -0.39 is 0 Å². The van der Waals surface area contributed by atoms with Gasteiger partial charge in [0.05, 0.1) is 19.7 Å². The van der Waals surface area contributed by atoms with Gasteiger partial charge in [-0.05, 0) is 12.1 Å². The van der Waals surface area contributed by atoms with Gasteiger partial charge in [0.2, 0.25) is 5.91 Å². The molecule has 2 aromatic rings. The Morgan fingerprint density at radius 1 is 1.35 bits per heavy atom. The molecule has 1 aromatic carbocycles. The first kappa shape index (κ1) is 13.7. The number of hydrogen-bond donors (Lipinski definition) is 1. The van der Waals surface area contributed by atoms with Gasteiger partial charge in [-0.15, -0.1) is 0 Å². The average Bonchev–Trinajstić information content (AvgIpc) is 2.49. The van der Waals surface area contributed by atoms with Crippen molar-refractivity contribution in [1.29, 1.82) is 0 Å². The summed E-state index contributed by atoms with van der Waals surface area (Å²) in [5, 5.41) is 3.89. The van der Waals surface area contributed by atoms with Gasteiger partial charge < -0.3 is 4.74 Å². The monoisotopic (exact) mass is 269 g/mol. The van der Waals surface area contributed by atoms with Crippen LogP contribution in [0.3, 0.4) is 0 Å². The number of carbonyl (C=O) groups excluding carboxylic acids is 1. The fraction of sp³-hybridized carbons (Fsp3) is 0.133. The molecule has 0 atom stereocenters. The van der Waals surface area contributed by atoms with E-state index in [0.29, 0.717) is 5.75 Å². The first-order chi connectivity index (χ1) is 9.79. The number of carbonyl (C=O) groups is 1. The number of benzene rings is 1. The minimum atomic E-state index is -0.199. The second kappa shape index (κ2) is 7.04. The zero-order valence-electron chi connectivity index (χ0n) is 11.1. The summed E-state index contributed by atoms with van der Waals surface area (Å²) < 4.78 is 5.19. The number of nitrogens with one attached hydrogen (secondary N) is 1. The van der Waals surface area contributed by atoms with Crippen LogP contribution in [0.4, 0.5) is 0 Å². The quantitative estimate of drug-likeness (QED) is 0.664. The highest BCUT2D eigenvalue weighted by molar-refractivity contribution is 5.83. The molecule has 2 rings (SSSR count). The Morgan fingerprint density at radius 2 is 2.20 bits per heavy atom. The Labute approximate surface area is 117 Å². The summed E-state index contributed by atoms with van der Waals surface area (Å²) in [5.74, 6) is 0.494. The molecule has 0 radical (unpaired) electrons. The number of rotatable bonds is 5.